The summed E-state index contributed by atoms with van der Waals surface area (Å²) in [7, 11) is 0. The van der Waals surface area contributed by atoms with E-state index in [0.717, 1.165) is 17.7 Å². The molecule has 116 valence electrons. The van der Waals surface area contributed by atoms with Gasteiger partial charge in [0, 0.05) is 6.54 Å². The van der Waals surface area contributed by atoms with Crippen molar-refractivity contribution in [2.45, 2.75) is 39.5 Å². The molecule has 0 unspecified atom stereocenters. The van der Waals surface area contributed by atoms with Crippen LogP contribution in [0.1, 0.15) is 39.5 Å². The summed E-state index contributed by atoms with van der Waals surface area (Å²) in [6, 6.07) is -0.803. The summed E-state index contributed by atoms with van der Waals surface area (Å²) < 4.78 is 0. The van der Waals surface area contributed by atoms with Crippen molar-refractivity contribution in [1.29, 1.82) is 0 Å². The number of barbiturate groups is 1. The van der Waals surface area contributed by atoms with Gasteiger partial charge < -0.3 is 5.32 Å². The quantitative estimate of drug-likeness (QED) is 0.734. The fraction of sp³-hybridized carbons (Fsp3) is 0.714. The summed E-state index contributed by atoms with van der Waals surface area (Å²) in [5.74, 6) is -1.17. The summed E-state index contributed by atoms with van der Waals surface area (Å²) in [4.78, 5) is 49.0. The Hall–Kier alpha value is -1.92. The van der Waals surface area contributed by atoms with Gasteiger partial charge >= 0.3 is 6.03 Å². The van der Waals surface area contributed by atoms with E-state index in [4.69, 9.17) is 0 Å². The van der Waals surface area contributed by atoms with Crippen LogP contribution in [0.2, 0.25) is 0 Å². The Bertz CT molecular complexity index is 481. The first-order chi connectivity index (χ1) is 9.86. The Kier molecular flexibility index (Phi) is 4.29. The van der Waals surface area contributed by atoms with Crippen molar-refractivity contribution < 1.29 is 19.2 Å². The summed E-state index contributed by atoms with van der Waals surface area (Å²) in [6.07, 6.45) is 2.44. The fourth-order valence-electron chi connectivity index (χ4n) is 2.81. The molecule has 1 spiro atoms. The third kappa shape index (κ3) is 2.91. The van der Waals surface area contributed by atoms with Gasteiger partial charge in [-0.05, 0) is 18.8 Å². The molecular formula is C14H21N3O4. The molecule has 0 aromatic rings. The number of amides is 5. The second-order valence-corrected chi connectivity index (χ2v) is 6.14. The average molecular weight is 295 g/mol. The molecule has 0 bridgehead atoms. The Morgan fingerprint density at radius 2 is 1.90 bits per heavy atom. The summed E-state index contributed by atoms with van der Waals surface area (Å²) in [6.45, 7) is 4.04. The van der Waals surface area contributed by atoms with Crippen LogP contribution in [0.15, 0.2) is 0 Å². The van der Waals surface area contributed by atoms with Crippen LogP contribution in [0.3, 0.4) is 0 Å². The topological polar surface area (TPSA) is 95.6 Å². The lowest BCUT2D eigenvalue weighted by Gasteiger charge is -2.36. The third-order valence-electron chi connectivity index (χ3n) is 4.02. The highest BCUT2D eigenvalue weighted by molar-refractivity contribution is 6.20. The normalized spacial score (nSPS) is 21.1. The molecule has 2 rings (SSSR count). The second-order valence-electron chi connectivity index (χ2n) is 6.14. The molecule has 21 heavy (non-hydrogen) atoms. The predicted molar refractivity (Wildman–Crippen MR) is 74.0 cm³/mol. The minimum Gasteiger partial charge on any atom is -0.354 e. The first-order valence-corrected chi connectivity index (χ1v) is 7.31. The van der Waals surface area contributed by atoms with Crippen LogP contribution in [0.25, 0.3) is 0 Å². The van der Waals surface area contributed by atoms with E-state index in [1.807, 2.05) is 13.8 Å². The van der Waals surface area contributed by atoms with Crippen LogP contribution >= 0.6 is 0 Å². The molecule has 1 heterocycles. The molecule has 0 aromatic heterocycles. The van der Waals surface area contributed by atoms with E-state index >= 15 is 0 Å². The maximum absolute atomic E-state index is 12.5. The second kappa shape index (κ2) is 5.83. The van der Waals surface area contributed by atoms with Gasteiger partial charge in [-0.1, -0.05) is 26.7 Å². The van der Waals surface area contributed by atoms with Crippen molar-refractivity contribution >= 4 is 23.8 Å². The molecule has 0 atom stereocenters. The molecule has 1 aliphatic heterocycles. The van der Waals surface area contributed by atoms with E-state index in [1.54, 1.807) is 0 Å². The molecule has 7 heteroatoms. The van der Waals surface area contributed by atoms with Crippen molar-refractivity contribution in [2.24, 2.45) is 11.3 Å². The number of hydrogen-bond donors (Lipinski definition) is 2. The molecule has 2 aliphatic rings. The molecule has 1 saturated carbocycles. The van der Waals surface area contributed by atoms with E-state index in [1.165, 1.54) is 0 Å². The van der Waals surface area contributed by atoms with Crippen LogP contribution in [0.4, 0.5) is 4.79 Å². The molecular weight excluding hydrogens is 274 g/mol. The number of nitrogens with zero attached hydrogens (tertiary/aromatic N) is 1. The SMILES string of the molecule is CC(C)CNC(=O)CN1C(=O)NC(=O)C2(CCCC2)C1=O. The average Bonchev–Trinajstić information content (AvgIpc) is 2.90. The zero-order valence-corrected chi connectivity index (χ0v) is 12.4. The molecule has 2 N–H and O–H groups in total. The van der Waals surface area contributed by atoms with Gasteiger partial charge in [-0.15, -0.1) is 0 Å². The maximum Gasteiger partial charge on any atom is 0.331 e. The Morgan fingerprint density at radius 1 is 1.29 bits per heavy atom. The van der Waals surface area contributed by atoms with Crippen molar-refractivity contribution in [3.8, 4) is 0 Å². The van der Waals surface area contributed by atoms with Crippen LogP contribution in [-0.4, -0.2) is 41.7 Å². The number of hydrogen-bond acceptors (Lipinski definition) is 4. The molecule has 0 aromatic carbocycles. The summed E-state index contributed by atoms with van der Waals surface area (Å²) in [5, 5.41) is 4.87. The lowest BCUT2D eigenvalue weighted by atomic mass is 9.82. The molecule has 1 aliphatic carbocycles. The number of carbonyl (C=O) groups is 4. The van der Waals surface area contributed by atoms with Gasteiger partial charge in [0.05, 0.1) is 0 Å². The minimum absolute atomic E-state index is 0.280. The third-order valence-corrected chi connectivity index (χ3v) is 4.02. The molecule has 5 amide bonds. The maximum atomic E-state index is 12.5. The first-order valence-electron chi connectivity index (χ1n) is 7.31. The van der Waals surface area contributed by atoms with Crippen molar-refractivity contribution in [3.05, 3.63) is 0 Å². The van der Waals surface area contributed by atoms with Crippen LogP contribution in [0.5, 0.6) is 0 Å². The van der Waals surface area contributed by atoms with Crippen molar-refractivity contribution in [3.63, 3.8) is 0 Å². The van der Waals surface area contributed by atoms with E-state index in [-0.39, 0.29) is 12.5 Å². The number of urea groups is 1. The Morgan fingerprint density at radius 3 is 2.48 bits per heavy atom. The first kappa shape index (κ1) is 15.5. The highest BCUT2D eigenvalue weighted by Gasteiger charge is 2.55. The molecule has 1 saturated heterocycles. The van der Waals surface area contributed by atoms with E-state index < -0.39 is 29.2 Å². The van der Waals surface area contributed by atoms with Crippen LogP contribution in [-0.2, 0) is 14.4 Å². The van der Waals surface area contributed by atoms with Crippen LogP contribution in [0, 0.1) is 11.3 Å². The van der Waals surface area contributed by atoms with Gasteiger partial charge in [-0.2, -0.15) is 0 Å². The van der Waals surface area contributed by atoms with Crippen molar-refractivity contribution in [1.82, 2.24) is 15.5 Å². The zero-order valence-electron chi connectivity index (χ0n) is 12.4. The lowest BCUT2D eigenvalue weighted by molar-refractivity contribution is -0.152. The molecule has 0 radical (unpaired) electrons. The van der Waals surface area contributed by atoms with Gasteiger partial charge in [0.2, 0.25) is 17.7 Å². The monoisotopic (exact) mass is 295 g/mol. The summed E-state index contributed by atoms with van der Waals surface area (Å²) in [5.41, 5.74) is -1.15. The predicted octanol–water partition coefficient (Wildman–Crippen LogP) is 0.397. The van der Waals surface area contributed by atoms with E-state index in [2.05, 4.69) is 10.6 Å². The zero-order chi connectivity index (χ0) is 15.6. The van der Waals surface area contributed by atoms with E-state index in [0.29, 0.717) is 19.4 Å². The van der Waals surface area contributed by atoms with Gasteiger partial charge in [-0.25, -0.2) is 4.79 Å². The number of rotatable bonds is 4. The Labute approximate surface area is 123 Å². The molecule has 2 fully saturated rings. The lowest BCUT2D eigenvalue weighted by Crippen LogP contribution is -2.64. The smallest absolute Gasteiger partial charge is 0.331 e. The fourth-order valence-corrected chi connectivity index (χ4v) is 2.81. The van der Waals surface area contributed by atoms with E-state index in [9.17, 15) is 19.2 Å². The Balaban J connectivity index is 2.08. The summed E-state index contributed by atoms with van der Waals surface area (Å²) >= 11 is 0. The standard InChI is InChI=1S/C14H21N3O4/c1-9(2)7-15-10(18)8-17-12(20)14(5-3-4-6-14)11(19)16-13(17)21/h9H,3-8H2,1-2H3,(H,15,18)(H,16,19,21). The minimum atomic E-state index is -1.15. The number of carbonyl (C=O) groups excluding carboxylic acids is 4. The van der Waals surface area contributed by atoms with Gasteiger partial charge in [0.15, 0.2) is 0 Å². The van der Waals surface area contributed by atoms with Gasteiger partial charge in [0.25, 0.3) is 0 Å². The highest BCUT2D eigenvalue weighted by atomic mass is 16.2. The number of nitrogens with one attached hydrogen (secondary N) is 2. The van der Waals surface area contributed by atoms with Crippen molar-refractivity contribution in [2.75, 3.05) is 13.1 Å². The van der Waals surface area contributed by atoms with Crippen LogP contribution < -0.4 is 10.6 Å². The van der Waals surface area contributed by atoms with Gasteiger partial charge in [0.1, 0.15) is 12.0 Å². The molecule has 7 nitrogen and oxygen atoms in total. The largest absolute Gasteiger partial charge is 0.354 e. The highest BCUT2D eigenvalue weighted by Crippen LogP contribution is 2.41. The number of imide groups is 2. The van der Waals surface area contributed by atoms with Gasteiger partial charge in [-0.3, -0.25) is 24.6 Å².